The summed E-state index contributed by atoms with van der Waals surface area (Å²) in [6.45, 7) is 44.2. The Labute approximate surface area is 583 Å². The quantitative estimate of drug-likeness (QED) is 0.0249. The van der Waals surface area contributed by atoms with Crippen molar-refractivity contribution in [1.29, 1.82) is 0 Å². The number of esters is 2. The molecule has 8 aliphatic carbocycles. The van der Waals surface area contributed by atoms with Crippen molar-refractivity contribution in [2.75, 3.05) is 13.2 Å². The maximum absolute atomic E-state index is 13.8. The minimum Gasteiger partial charge on any atom is -0.494 e. The third-order valence-corrected chi connectivity index (χ3v) is 42.7. The standard InChI is InChI=1S/C82H134O9Si4/c1-57(2)23-19-25-59(5)71-39-41-73-69-37-27-63-55-61(43-47-79(63,7)75(69)45-49-81(71,73)9)77(83)87-67-33-29-65(30-34-67)85-51-21-53-92(11,12)89-94(15,16)91-95(17,18)90-93(13,14)54-22-52-86-66-31-35-68(36-32-66)88-78(84)62-44-48-80(8)64(56-62)28-38-70-74-42-40-72(60(6)26-20-24-58(3)4)82(74,10)50-46-76(70)80/h27-36,57-62,69-76H,19-26,37-56H2,1-18H3/t59-,60?,61+,62+,69+,70+,71-,72-,73+,74+,75+,76+,79+,80+,81-,82-/m1/s1. The Balaban J connectivity index is 0.595. The summed E-state index contributed by atoms with van der Waals surface area (Å²) in [5.41, 5.74) is 4.48. The molecule has 0 N–H and O–H groups in total. The molecule has 95 heavy (non-hydrogen) atoms. The van der Waals surface area contributed by atoms with Gasteiger partial charge in [-0.15, -0.1) is 0 Å². The number of benzene rings is 2. The highest BCUT2D eigenvalue weighted by Gasteiger charge is 2.61. The van der Waals surface area contributed by atoms with Gasteiger partial charge in [0.05, 0.1) is 25.0 Å². The number of ether oxygens (including phenoxy) is 4. The van der Waals surface area contributed by atoms with Crippen LogP contribution < -0.4 is 18.9 Å². The zero-order chi connectivity index (χ0) is 68.5. The molecule has 10 rings (SSSR count). The molecule has 0 aliphatic heterocycles. The Morgan fingerprint density at radius 3 is 1.18 bits per heavy atom. The summed E-state index contributed by atoms with van der Waals surface area (Å²) in [7, 11) is -9.26. The van der Waals surface area contributed by atoms with E-state index in [9.17, 15) is 9.59 Å². The van der Waals surface area contributed by atoms with E-state index in [0.29, 0.717) is 35.5 Å². The van der Waals surface area contributed by atoms with Gasteiger partial charge in [-0.25, -0.2) is 0 Å². The lowest BCUT2D eigenvalue weighted by molar-refractivity contribution is -0.141. The SMILES string of the molecule is CC(C)CCCC(C)[C@H]1CC[C@H]2[C@@H]3CC=C4C[C@@H](C(=O)Oc5ccc(OCCC[Si](C)(C)O[Si](C)(C)O[Si](C)(C)O[Si](C)(C)CCCOc6ccc(OC(=O)[C@H]7CC[C@@]8(C)C(=CC[C@H]9[C@@H]%10CC[C@H]([C@H](C)CCCC(C)C)[C@@]%10(C)CC[C@@H]98)C7)cc6)cc5)CC[C@]4(C)[C@H]3CC[C@]12C. The van der Waals surface area contributed by atoms with Crippen molar-refractivity contribution in [3.05, 3.63) is 71.8 Å². The molecule has 0 bridgehead atoms. The molecule has 2 aromatic carbocycles. The van der Waals surface area contributed by atoms with Gasteiger partial charge in [-0.05, 0) is 321 Å². The lowest BCUT2D eigenvalue weighted by Gasteiger charge is -2.58. The van der Waals surface area contributed by atoms with Crippen LogP contribution in [0.2, 0.25) is 64.5 Å². The van der Waals surface area contributed by atoms with Crippen LogP contribution in [0.5, 0.6) is 23.0 Å². The van der Waals surface area contributed by atoms with Gasteiger partial charge in [0.25, 0.3) is 0 Å². The molecular weight excluding hydrogens is 1240 g/mol. The molecule has 0 aromatic heterocycles. The molecule has 0 spiro atoms. The van der Waals surface area contributed by atoms with E-state index in [0.717, 1.165) is 146 Å². The molecule has 1 unspecified atom stereocenters. The lowest BCUT2D eigenvalue weighted by Crippen LogP contribution is -2.56. The molecule has 0 saturated heterocycles. The van der Waals surface area contributed by atoms with Crippen LogP contribution in [0.25, 0.3) is 0 Å². The fraction of sp³-hybridized carbons (Fsp3) is 0.780. The fourth-order valence-electron chi connectivity index (χ4n) is 22.8. The minimum absolute atomic E-state index is 0.0866. The van der Waals surface area contributed by atoms with E-state index in [1.165, 1.54) is 103 Å². The van der Waals surface area contributed by atoms with Crippen molar-refractivity contribution in [2.45, 2.75) is 288 Å². The third kappa shape index (κ3) is 17.6. The summed E-state index contributed by atoms with van der Waals surface area (Å²) in [6.07, 6.45) is 34.4. The third-order valence-electron chi connectivity index (χ3n) is 27.3. The Kier molecular flexibility index (Phi) is 24.0. The number of hydrogen-bond donors (Lipinski definition) is 0. The van der Waals surface area contributed by atoms with Crippen molar-refractivity contribution < 1.29 is 40.9 Å². The van der Waals surface area contributed by atoms with Crippen LogP contribution in [-0.4, -0.2) is 58.9 Å². The summed E-state index contributed by atoms with van der Waals surface area (Å²) in [6, 6.07) is 17.2. The highest BCUT2D eigenvalue weighted by molar-refractivity contribution is 6.89. The predicted molar refractivity (Wildman–Crippen MR) is 400 cm³/mol. The van der Waals surface area contributed by atoms with Gasteiger partial charge in [0, 0.05) is 0 Å². The Morgan fingerprint density at radius 2 is 0.811 bits per heavy atom. The molecule has 6 saturated carbocycles. The van der Waals surface area contributed by atoms with Crippen molar-refractivity contribution >= 4 is 45.7 Å². The van der Waals surface area contributed by atoms with Crippen molar-refractivity contribution in [2.24, 2.45) is 105 Å². The van der Waals surface area contributed by atoms with E-state index in [4.69, 9.17) is 31.3 Å². The lowest BCUT2D eigenvalue weighted by atomic mass is 9.46. The fourth-order valence-corrected chi connectivity index (χ4v) is 42.1. The maximum Gasteiger partial charge on any atom is 0.314 e. The van der Waals surface area contributed by atoms with Crippen LogP contribution in [0.3, 0.4) is 0 Å². The molecule has 16 atom stereocenters. The van der Waals surface area contributed by atoms with Crippen LogP contribution in [-0.2, 0) is 21.9 Å². The Morgan fingerprint density at radius 1 is 0.442 bits per heavy atom. The summed E-state index contributed by atoms with van der Waals surface area (Å²) in [4.78, 5) is 27.6. The van der Waals surface area contributed by atoms with E-state index in [1.807, 2.05) is 48.5 Å². The van der Waals surface area contributed by atoms with Crippen LogP contribution in [0.1, 0.15) is 223 Å². The highest BCUT2D eigenvalue weighted by Crippen LogP contribution is 2.70. The first-order valence-electron chi connectivity index (χ1n) is 39.1. The van der Waals surface area contributed by atoms with Gasteiger partial charge in [0.15, 0.2) is 16.6 Å². The first-order valence-corrected chi connectivity index (χ1v) is 51.0. The van der Waals surface area contributed by atoms with Crippen LogP contribution >= 0.6 is 0 Å². The number of allylic oxidation sites excluding steroid dienone is 4. The summed E-state index contributed by atoms with van der Waals surface area (Å²) in [5.74, 6) is 12.2. The molecule has 6 fully saturated rings. The molecule has 8 aliphatic rings. The minimum atomic E-state index is -2.53. The molecule has 0 radical (unpaired) electrons. The van der Waals surface area contributed by atoms with E-state index in [2.05, 4.69) is 134 Å². The number of hydrogen-bond acceptors (Lipinski definition) is 9. The summed E-state index contributed by atoms with van der Waals surface area (Å²) in [5, 5.41) is 0. The Hall–Kier alpha value is -2.79. The number of fused-ring (bicyclic) bond motifs is 10. The van der Waals surface area contributed by atoms with E-state index in [-0.39, 0.29) is 34.6 Å². The van der Waals surface area contributed by atoms with Gasteiger partial charge in [0.1, 0.15) is 23.0 Å². The van der Waals surface area contributed by atoms with Crippen LogP contribution in [0, 0.1) is 105 Å². The first-order chi connectivity index (χ1) is 44.7. The van der Waals surface area contributed by atoms with Gasteiger partial charge >= 0.3 is 29.1 Å². The van der Waals surface area contributed by atoms with Crippen LogP contribution in [0.15, 0.2) is 71.8 Å². The average Bonchev–Trinajstić information content (AvgIpc) is 1.70. The van der Waals surface area contributed by atoms with Crippen molar-refractivity contribution in [1.82, 2.24) is 0 Å². The predicted octanol–water partition coefficient (Wildman–Crippen LogP) is 22.9. The molecule has 0 heterocycles. The van der Waals surface area contributed by atoms with E-state index >= 15 is 0 Å². The second-order valence-corrected chi connectivity index (χ2v) is 52.9. The summed E-state index contributed by atoms with van der Waals surface area (Å²) >= 11 is 0. The second-order valence-electron chi connectivity index (χ2n) is 36.8. The topological polar surface area (TPSA) is 98.8 Å². The largest absolute Gasteiger partial charge is 0.494 e. The second kappa shape index (κ2) is 30.4. The molecule has 0 amide bonds. The smallest absolute Gasteiger partial charge is 0.314 e. The Bertz CT molecular complexity index is 2760. The molecule has 532 valence electrons. The maximum atomic E-state index is 13.8. The van der Waals surface area contributed by atoms with Gasteiger partial charge < -0.3 is 31.3 Å². The van der Waals surface area contributed by atoms with Gasteiger partial charge in [0.2, 0.25) is 0 Å². The van der Waals surface area contributed by atoms with Gasteiger partial charge in [-0.1, -0.05) is 131 Å². The molecular formula is C82H134O9Si4. The van der Waals surface area contributed by atoms with E-state index in [1.54, 1.807) is 11.1 Å². The zero-order valence-corrected chi connectivity index (χ0v) is 67.3. The zero-order valence-electron chi connectivity index (χ0n) is 63.3. The number of carbonyl (C=O) groups excluding carboxylic acids is 2. The van der Waals surface area contributed by atoms with Crippen molar-refractivity contribution in [3.63, 3.8) is 0 Å². The van der Waals surface area contributed by atoms with E-state index < -0.39 is 33.8 Å². The average molecular weight is 1380 g/mol. The normalized spacial score (nSPS) is 33.0. The monoisotopic (exact) mass is 1370 g/mol. The molecule has 2 aromatic rings. The number of carbonyl (C=O) groups is 2. The van der Waals surface area contributed by atoms with Crippen molar-refractivity contribution in [3.8, 4) is 23.0 Å². The van der Waals surface area contributed by atoms with Gasteiger partial charge in [-0.3, -0.25) is 9.59 Å². The molecule has 13 heteroatoms. The first kappa shape index (κ1) is 74.9. The van der Waals surface area contributed by atoms with Crippen LogP contribution in [0.4, 0.5) is 0 Å². The number of rotatable bonds is 30. The summed E-state index contributed by atoms with van der Waals surface area (Å²) < 4.78 is 45.6. The molecule has 9 nitrogen and oxygen atoms in total. The highest BCUT2D eigenvalue weighted by atomic mass is 28.5. The van der Waals surface area contributed by atoms with Gasteiger partial charge in [-0.2, -0.15) is 0 Å².